The van der Waals surface area contributed by atoms with Crippen molar-refractivity contribution in [2.75, 3.05) is 5.33 Å². The van der Waals surface area contributed by atoms with Gasteiger partial charge < -0.3 is 5.32 Å². The Morgan fingerprint density at radius 3 is 2.81 bits per heavy atom. The molecule has 0 radical (unpaired) electrons. The van der Waals surface area contributed by atoms with Crippen LogP contribution in [0.4, 0.5) is 0 Å². The van der Waals surface area contributed by atoms with Gasteiger partial charge in [0.25, 0.3) is 0 Å². The van der Waals surface area contributed by atoms with E-state index in [4.69, 9.17) is 0 Å². The number of alkyl halides is 1. The van der Waals surface area contributed by atoms with E-state index in [1.165, 1.54) is 23.6 Å². The van der Waals surface area contributed by atoms with Crippen LogP contribution in [0.1, 0.15) is 24.8 Å². The molecule has 1 N–H and O–H groups in total. The topological polar surface area (TPSA) is 29.1 Å². The summed E-state index contributed by atoms with van der Waals surface area (Å²) in [6.07, 6.45) is 4.00. The van der Waals surface area contributed by atoms with Crippen LogP contribution in [0.15, 0.2) is 42.5 Å². The highest BCUT2D eigenvalue weighted by atomic mass is 79.9. The van der Waals surface area contributed by atoms with Crippen molar-refractivity contribution in [2.45, 2.75) is 31.7 Å². The van der Waals surface area contributed by atoms with E-state index in [1.807, 2.05) is 18.2 Å². The molecule has 21 heavy (non-hydrogen) atoms. The van der Waals surface area contributed by atoms with E-state index < -0.39 is 0 Å². The average Bonchev–Trinajstić information content (AvgIpc) is 2.94. The molecule has 2 nitrogen and oxygen atoms in total. The van der Waals surface area contributed by atoms with Gasteiger partial charge in [0, 0.05) is 11.4 Å². The lowest BCUT2D eigenvalue weighted by Crippen LogP contribution is -2.38. The highest BCUT2D eigenvalue weighted by Gasteiger charge is 2.27. The fourth-order valence-corrected chi connectivity index (χ4v) is 4.06. The summed E-state index contributed by atoms with van der Waals surface area (Å²) in [6, 6.07) is 14.8. The standard InChI is InChI=1S/C18H20BrNO/c19-12-15-8-4-10-17(15)20-18(21)11-14-7-3-6-13-5-1-2-9-16(13)14/h1-3,5-7,9,15,17H,4,8,10-12H2,(H,20,21). The number of nitrogens with one attached hydrogen (secondary N) is 1. The van der Waals surface area contributed by atoms with Crippen LogP contribution in [-0.2, 0) is 11.2 Å². The Morgan fingerprint density at radius 1 is 1.14 bits per heavy atom. The number of hydrogen-bond acceptors (Lipinski definition) is 1. The third kappa shape index (κ3) is 3.29. The Balaban J connectivity index is 1.72. The van der Waals surface area contributed by atoms with Gasteiger partial charge in [0.2, 0.25) is 5.91 Å². The molecular formula is C18H20BrNO. The van der Waals surface area contributed by atoms with Gasteiger partial charge >= 0.3 is 0 Å². The zero-order valence-corrected chi connectivity index (χ0v) is 13.6. The molecule has 2 atom stereocenters. The number of carbonyl (C=O) groups excluding carboxylic acids is 1. The van der Waals surface area contributed by atoms with Gasteiger partial charge in [-0.15, -0.1) is 0 Å². The van der Waals surface area contributed by atoms with E-state index in [1.54, 1.807) is 0 Å². The molecule has 2 unspecified atom stereocenters. The molecule has 0 heterocycles. The molecule has 0 aromatic heterocycles. The van der Waals surface area contributed by atoms with Crippen LogP contribution in [-0.4, -0.2) is 17.3 Å². The first kappa shape index (κ1) is 14.6. The zero-order valence-electron chi connectivity index (χ0n) is 12.0. The Morgan fingerprint density at radius 2 is 1.95 bits per heavy atom. The lowest BCUT2D eigenvalue weighted by atomic mass is 10.0. The maximum atomic E-state index is 12.3. The number of hydrogen-bond donors (Lipinski definition) is 1. The maximum absolute atomic E-state index is 12.3. The van der Waals surface area contributed by atoms with Crippen molar-refractivity contribution in [2.24, 2.45) is 5.92 Å². The summed E-state index contributed by atoms with van der Waals surface area (Å²) in [6.45, 7) is 0. The molecular weight excluding hydrogens is 326 g/mol. The first-order valence-corrected chi connectivity index (χ1v) is 8.72. The molecule has 0 spiro atoms. The summed E-state index contributed by atoms with van der Waals surface area (Å²) < 4.78 is 0. The molecule has 3 rings (SSSR count). The van der Waals surface area contributed by atoms with E-state index in [-0.39, 0.29) is 5.91 Å². The predicted molar refractivity (Wildman–Crippen MR) is 90.7 cm³/mol. The second-order valence-electron chi connectivity index (χ2n) is 5.83. The number of benzene rings is 2. The minimum atomic E-state index is 0.143. The van der Waals surface area contributed by atoms with Crippen molar-refractivity contribution in [1.82, 2.24) is 5.32 Å². The number of amides is 1. The van der Waals surface area contributed by atoms with Gasteiger partial charge in [-0.05, 0) is 35.1 Å². The van der Waals surface area contributed by atoms with Crippen LogP contribution in [0.3, 0.4) is 0 Å². The lowest BCUT2D eigenvalue weighted by Gasteiger charge is -2.19. The van der Waals surface area contributed by atoms with Crippen molar-refractivity contribution in [3.05, 3.63) is 48.0 Å². The van der Waals surface area contributed by atoms with Crippen molar-refractivity contribution < 1.29 is 4.79 Å². The summed E-state index contributed by atoms with van der Waals surface area (Å²) in [4.78, 5) is 12.3. The molecule has 1 aliphatic rings. The van der Waals surface area contributed by atoms with Crippen LogP contribution in [0.5, 0.6) is 0 Å². The van der Waals surface area contributed by atoms with Crippen LogP contribution in [0, 0.1) is 5.92 Å². The highest BCUT2D eigenvalue weighted by molar-refractivity contribution is 9.09. The fraction of sp³-hybridized carbons (Fsp3) is 0.389. The minimum Gasteiger partial charge on any atom is -0.353 e. The van der Waals surface area contributed by atoms with Gasteiger partial charge in [0.15, 0.2) is 0 Å². The lowest BCUT2D eigenvalue weighted by molar-refractivity contribution is -0.121. The number of halogens is 1. The van der Waals surface area contributed by atoms with Crippen LogP contribution >= 0.6 is 15.9 Å². The van der Waals surface area contributed by atoms with Gasteiger partial charge in [-0.25, -0.2) is 0 Å². The third-order valence-electron chi connectivity index (χ3n) is 4.43. The summed E-state index contributed by atoms with van der Waals surface area (Å²) in [5, 5.41) is 6.58. The van der Waals surface area contributed by atoms with Gasteiger partial charge in [0.1, 0.15) is 0 Å². The normalized spacial score (nSPS) is 21.6. The van der Waals surface area contributed by atoms with E-state index in [9.17, 15) is 4.79 Å². The Labute approximate surface area is 134 Å². The second-order valence-corrected chi connectivity index (χ2v) is 6.48. The van der Waals surface area contributed by atoms with Crippen molar-refractivity contribution in [1.29, 1.82) is 0 Å². The van der Waals surface area contributed by atoms with Crippen LogP contribution in [0.2, 0.25) is 0 Å². The van der Waals surface area contributed by atoms with Gasteiger partial charge in [-0.1, -0.05) is 64.8 Å². The monoisotopic (exact) mass is 345 g/mol. The summed E-state index contributed by atoms with van der Waals surface area (Å²) >= 11 is 3.55. The van der Waals surface area contributed by atoms with E-state index >= 15 is 0 Å². The van der Waals surface area contributed by atoms with Crippen LogP contribution in [0.25, 0.3) is 10.8 Å². The van der Waals surface area contributed by atoms with Gasteiger partial charge in [-0.2, -0.15) is 0 Å². The zero-order chi connectivity index (χ0) is 14.7. The SMILES string of the molecule is O=C(Cc1cccc2ccccc12)NC1CCCC1CBr. The van der Waals surface area contributed by atoms with Crippen molar-refractivity contribution in [3.63, 3.8) is 0 Å². The average molecular weight is 346 g/mol. The van der Waals surface area contributed by atoms with Crippen molar-refractivity contribution in [3.8, 4) is 0 Å². The number of carbonyl (C=O) groups is 1. The quantitative estimate of drug-likeness (QED) is 0.831. The smallest absolute Gasteiger partial charge is 0.224 e. The molecule has 0 bridgehead atoms. The highest BCUT2D eigenvalue weighted by Crippen LogP contribution is 2.27. The van der Waals surface area contributed by atoms with Crippen molar-refractivity contribution >= 4 is 32.6 Å². The predicted octanol–water partition coefficient (Wildman–Crippen LogP) is 4.06. The summed E-state index contributed by atoms with van der Waals surface area (Å²) in [5.74, 6) is 0.727. The molecule has 2 aromatic carbocycles. The first-order valence-electron chi connectivity index (χ1n) is 7.60. The fourth-order valence-electron chi connectivity index (χ4n) is 3.29. The van der Waals surface area contributed by atoms with Gasteiger partial charge in [0.05, 0.1) is 6.42 Å². The summed E-state index contributed by atoms with van der Waals surface area (Å²) in [5.41, 5.74) is 1.11. The molecule has 0 saturated heterocycles. The molecule has 3 heteroatoms. The van der Waals surface area contributed by atoms with E-state index in [2.05, 4.69) is 45.5 Å². The van der Waals surface area contributed by atoms with E-state index in [0.29, 0.717) is 18.4 Å². The molecule has 1 amide bonds. The molecule has 1 saturated carbocycles. The van der Waals surface area contributed by atoms with E-state index in [0.717, 1.165) is 17.3 Å². The Bertz CT molecular complexity index is 635. The molecule has 110 valence electrons. The second kappa shape index (κ2) is 6.61. The molecule has 0 aliphatic heterocycles. The Kier molecular flexibility index (Phi) is 4.59. The summed E-state index contributed by atoms with van der Waals surface area (Å²) in [7, 11) is 0. The van der Waals surface area contributed by atoms with Gasteiger partial charge in [-0.3, -0.25) is 4.79 Å². The molecule has 1 fully saturated rings. The number of fused-ring (bicyclic) bond motifs is 1. The maximum Gasteiger partial charge on any atom is 0.224 e. The first-order chi connectivity index (χ1) is 10.3. The minimum absolute atomic E-state index is 0.143. The Hall–Kier alpha value is -1.35. The van der Waals surface area contributed by atoms with Crippen LogP contribution < -0.4 is 5.32 Å². The third-order valence-corrected chi connectivity index (χ3v) is 5.27. The number of rotatable bonds is 4. The largest absolute Gasteiger partial charge is 0.353 e. The molecule has 1 aliphatic carbocycles. The molecule has 2 aromatic rings.